The summed E-state index contributed by atoms with van der Waals surface area (Å²) in [5, 5.41) is 9.02. The summed E-state index contributed by atoms with van der Waals surface area (Å²) in [5.41, 5.74) is 2.34. The van der Waals surface area contributed by atoms with Gasteiger partial charge >= 0.3 is 0 Å². The van der Waals surface area contributed by atoms with E-state index in [0.29, 0.717) is 11.6 Å². The van der Waals surface area contributed by atoms with Gasteiger partial charge in [-0.2, -0.15) is 0 Å². The fourth-order valence-corrected chi connectivity index (χ4v) is 3.44. The Balaban J connectivity index is 1.70. The van der Waals surface area contributed by atoms with E-state index in [1.165, 1.54) is 10.4 Å². The summed E-state index contributed by atoms with van der Waals surface area (Å²) in [5.74, 6) is 2.30. The first-order valence-corrected chi connectivity index (χ1v) is 8.69. The fraction of sp³-hybridized carbons (Fsp3) is 0.294. The van der Waals surface area contributed by atoms with Crippen molar-refractivity contribution in [3.8, 4) is 11.6 Å². The zero-order chi connectivity index (χ0) is 15.5. The lowest BCUT2D eigenvalue weighted by molar-refractivity contribution is 0.576. The molecule has 0 aliphatic carbocycles. The van der Waals surface area contributed by atoms with E-state index in [0.717, 1.165) is 44.0 Å². The highest BCUT2D eigenvalue weighted by Crippen LogP contribution is 2.25. The van der Waals surface area contributed by atoms with Crippen molar-refractivity contribution in [3.05, 3.63) is 52.0 Å². The van der Waals surface area contributed by atoms with Gasteiger partial charge in [-0.3, -0.25) is 0 Å². The van der Waals surface area contributed by atoms with Crippen molar-refractivity contribution in [1.29, 1.82) is 0 Å². The topological polar surface area (TPSA) is 63.0 Å². The van der Waals surface area contributed by atoms with Gasteiger partial charge in [-0.25, -0.2) is 9.97 Å². The molecular weight excluding hydrogens is 308 g/mol. The van der Waals surface area contributed by atoms with Crippen LogP contribution in [0.15, 0.2) is 40.3 Å². The Labute approximate surface area is 138 Å². The van der Waals surface area contributed by atoms with Crippen molar-refractivity contribution < 1.29 is 4.42 Å². The minimum Gasteiger partial charge on any atom is -0.461 e. The van der Waals surface area contributed by atoms with Crippen LogP contribution in [-0.4, -0.2) is 23.1 Å². The van der Waals surface area contributed by atoms with Crippen LogP contribution in [0.5, 0.6) is 0 Å². The smallest absolute Gasteiger partial charge is 0.197 e. The normalized spacial score (nSPS) is 14.3. The van der Waals surface area contributed by atoms with Gasteiger partial charge in [-0.15, -0.1) is 11.3 Å². The summed E-state index contributed by atoms with van der Waals surface area (Å²) in [6.07, 6.45) is 3.52. The third-order valence-electron chi connectivity index (χ3n) is 3.93. The lowest BCUT2D eigenvalue weighted by atomic mass is 10.1. The van der Waals surface area contributed by atoms with Crippen LogP contribution < -0.4 is 10.6 Å². The highest BCUT2D eigenvalue weighted by Gasteiger charge is 2.18. The first-order valence-electron chi connectivity index (χ1n) is 7.81. The van der Waals surface area contributed by atoms with E-state index in [1.807, 2.05) is 12.1 Å². The second-order valence-electron chi connectivity index (χ2n) is 5.48. The number of nitrogens with zero attached hydrogens (tertiary/aromatic N) is 2. The second kappa shape index (κ2) is 6.52. The number of fused-ring (bicyclic) bond motifs is 1. The van der Waals surface area contributed by atoms with Crippen LogP contribution in [-0.2, 0) is 19.4 Å². The molecule has 23 heavy (non-hydrogen) atoms. The molecule has 0 amide bonds. The zero-order valence-corrected chi connectivity index (χ0v) is 13.5. The maximum Gasteiger partial charge on any atom is 0.197 e. The van der Waals surface area contributed by atoms with E-state index < -0.39 is 0 Å². The Morgan fingerprint density at radius 2 is 2.13 bits per heavy atom. The molecule has 1 aliphatic heterocycles. The maximum atomic E-state index is 5.48. The minimum atomic E-state index is 0.657. The monoisotopic (exact) mass is 326 g/mol. The average Bonchev–Trinajstić information content (AvgIpc) is 3.23. The van der Waals surface area contributed by atoms with Gasteiger partial charge in [0.1, 0.15) is 5.82 Å². The van der Waals surface area contributed by atoms with E-state index >= 15 is 0 Å². The number of rotatable bonds is 4. The molecule has 0 bridgehead atoms. The minimum absolute atomic E-state index is 0.657. The second-order valence-corrected chi connectivity index (χ2v) is 6.51. The molecule has 0 fully saturated rings. The lowest BCUT2D eigenvalue weighted by Crippen LogP contribution is -2.16. The molecule has 0 atom stereocenters. The van der Waals surface area contributed by atoms with Crippen molar-refractivity contribution in [2.24, 2.45) is 0 Å². The maximum absolute atomic E-state index is 5.48. The Kier molecular flexibility index (Phi) is 4.08. The van der Waals surface area contributed by atoms with Gasteiger partial charge in [0, 0.05) is 23.4 Å². The molecule has 5 nitrogen and oxygen atoms in total. The van der Waals surface area contributed by atoms with Crippen molar-refractivity contribution in [1.82, 2.24) is 15.3 Å². The molecule has 0 saturated heterocycles. The number of hydrogen-bond acceptors (Lipinski definition) is 6. The van der Waals surface area contributed by atoms with Gasteiger partial charge in [0.2, 0.25) is 0 Å². The summed E-state index contributed by atoms with van der Waals surface area (Å²) < 4.78 is 5.48. The van der Waals surface area contributed by atoms with E-state index in [1.54, 1.807) is 17.6 Å². The Hall–Kier alpha value is -2.18. The van der Waals surface area contributed by atoms with Crippen molar-refractivity contribution >= 4 is 17.2 Å². The molecule has 4 heterocycles. The molecule has 6 heteroatoms. The summed E-state index contributed by atoms with van der Waals surface area (Å²) >= 11 is 1.75. The van der Waals surface area contributed by atoms with Crippen molar-refractivity contribution in [3.63, 3.8) is 0 Å². The largest absolute Gasteiger partial charge is 0.461 e. The van der Waals surface area contributed by atoms with Crippen LogP contribution in [0.2, 0.25) is 0 Å². The van der Waals surface area contributed by atoms with Crippen molar-refractivity contribution in [2.75, 3.05) is 18.4 Å². The Morgan fingerprint density at radius 3 is 2.96 bits per heavy atom. The lowest BCUT2D eigenvalue weighted by Gasteiger charge is -2.13. The summed E-state index contributed by atoms with van der Waals surface area (Å²) in [6, 6.07) is 7.97. The highest BCUT2D eigenvalue weighted by molar-refractivity contribution is 7.09. The van der Waals surface area contributed by atoms with Gasteiger partial charge in [-0.05, 0) is 36.5 Å². The van der Waals surface area contributed by atoms with E-state index in [9.17, 15) is 0 Å². The molecule has 0 spiro atoms. The quantitative estimate of drug-likeness (QED) is 0.771. The van der Waals surface area contributed by atoms with Crippen LogP contribution in [0.25, 0.3) is 11.6 Å². The fourth-order valence-electron chi connectivity index (χ4n) is 2.79. The molecule has 2 N–H and O–H groups in total. The van der Waals surface area contributed by atoms with E-state index in [2.05, 4.69) is 28.1 Å². The molecule has 1 aliphatic rings. The van der Waals surface area contributed by atoms with Gasteiger partial charge in [0.05, 0.1) is 18.5 Å². The summed E-state index contributed by atoms with van der Waals surface area (Å²) in [7, 11) is 0. The molecule has 0 aromatic carbocycles. The first-order chi connectivity index (χ1) is 11.4. The zero-order valence-electron chi connectivity index (χ0n) is 12.7. The third kappa shape index (κ3) is 3.13. The third-order valence-corrected chi connectivity index (χ3v) is 4.81. The first kappa shape index (κ1) is 14.4. The number of nitrogens with one attached hydrogen (secondary N) is 2. The number of hydrogen-bond donors (Lipinski definition) is 2. The summed E-state index contributed by atoms with van der Waals surface area (Å²) in [6.45, 7) is 2.70. The molecule has 0 saturated carbocycles. The predicted octanol–water partition coefficient (Wildman–Crippen LogP) is 3.10. The van der Waals surface area contributed by atoms with Crippen LogP contribution >= 0.6 is 11.3 Å². The van der Waals surface area contributed by atoms with E-state index in [-0.39, 0.29) is 0 Å². The number of thiophene rings is 1. The standard InChI is InChI=1S/C17H18N4OS/c1-4-15(22-9-1)17-20-14-6-8-18-7-5-13(14)16(21-17)19-11-12-3-2-10-23-12/h1-4,9-10,18H,5-8,11H2,(H,19,20,21). The van der Waals surface area contributed by atoms with Crippen molar-refractivity contribution in [2.45, 2.75) is 19.4 Å². The highest BCUT2D eigenvalue weighted by atomic mass is 32.1. The molecule has 3 aromatic heterocycles. The average molecular weight is 326 g/mol. The molecule has 4 rings (SSSR count). The molecule has 3 aromatic rings. The number of aromatic nitrogens is 2. The Bertz CT molecular complexity index is 768. The predicted molar refractivity (Wildman–Crippen MR) is 91.7 cm³/mol. The van der Waals surface area contributed by atoms with Crippen LogP contribution in [0.4, 0.5) is 5.82 Å². The number of furan rings is 1. The summed E-state index contributed by atoms with van der Waals surface area (Å²) in [4.78, 5) is 10.8. The van der Waals surface area contributed by atoms with Gasteiger partial charge < -0.3 is 15.1 Å². The van der Waals surface area contributed by atoms with Crippen LogP contribution in [0.1, 0.15) is 16.1 Å². The van der Waals surface area contributed by atoms with Crippen LogP contribution in [0, 0.1) is 0 Å². The number of anilines is 1. The molecular formula is C17H18N4OS. The molecule has 118 valence electrons. The Morgan fingerprint density at radius 1 is 1.17 bits per heavy atom. The van der Waals surface area contributed by atoms with Crippen LogP contribution in [0.3, 0.4) is 0 Å². The molecule has 0 unspecified atom stereocenters. The van der Waals surface area contributed by atoms with Gasteiger partial charge in [0.25, 0.3) is 0 Å². The van der Waals surface area contributed by atoms with E-state index in [4.69, 9.17) is 14.4 Å². The molecule has 0 radical (unpaired) electrons. The van der Waals surface area contributed by atoms with Gasteiger partial charge in [0.15, 0.2) is 11.6 Å². The SMILES string of the molecule is c1coc(-c2nc3c(c(NCc4cccs4)n2)CCNCC3)c1. The van der Waals surface area contributed by atoms with Gasteiger partial charge in [-0.1, -0.05) is 6.07 Å².